The summed E-state index contributed by atoms with van der Waals surface area (Å²) in [4.78, 5) is 21.6. The highest BCUT2D eigenvalue weighted by atomic mass is 35.5. The van der Waals surface area contributed by atoms with Crippen molar-refractivity contribution >= 4 is 28.9 Å². The summed E-state index contributed by atoms with van der Waals surface area (Å²) in [5.41, 5.74) is 0.689. The fraction of sp³-hybridized carbons (Fsp3) is 0.0714. The SMILES string of the molecule is O=C(O)c1c(Cl)cccc1NCc1ccccc1[N+](=O)[O-]. The number of benzene rings is 2. The number of nitrogens with zero attached hydrogens (tertiary/aromatic N) is 1. The van der Waals surface area contributed by atoms with E-state index < -0.39 is 10.9 Å². The predicted molar refractivity (Wildman–Crippen MR) is 78.8 cm³/mol. The second-order valence-corrected chi connectivity index (χ2v) is 4.61. The standard InChI is InChI=1S/C14H11ClN2O4/c15-10-5-3-6-11(13(10)14(18)19)16-8-9-4-1-2-7-12(9)17(20)21/h1-7,16H,8H2,(H,18,19). The zero-order chi connectivity index (χ0) is 15.4. The number of carboxylic acids is 1. The van der Waals surface area contributed by atoms with Crippen molar-refractivity contribution in [2.75, 3.05) is 5.32 Å². The molecule has 0 saturated heterocycles. The Kier molecular flexibility index (Phi) is 4.39. The van der Waals surface area contributed by atoms with Gasteiger partial charge < -0.3 is 10.4 Å². The largest absolute Gasteiger partial charge is 0.478 e. The first kappa shape index (κ1) is 14.8. The summed E-state index contributed by atoms with van der Waals surface area (Å²) in [6, 6.07) is 10.9. The van der Waals surface area contributed by atoms with Crippen molar-refractivity contribution in [1.82, 2.24) is 0 Å². The molecular formula is C14H11ClN2O4. The monoisotopic (exact) mass is 306 g/mol. The molecule has 0 fully saturated rings. The number of hydrogen-bond acceptors (Lipinski definition) is 4. The van der Waals surface area contributed by atoms with E-state index in [9.17, 15) is 14.9 Å². The topological polar surface area (TPSA) is 92.5 Å². The smallest absolute Gasteiger partial charge is 0.339 e. The van der Waals surface area contributed by atoms with Crippen LogP contribution in [0, 0.1) is 10.1 Å². The van der Waals surface area contributed by atoms with E-state index in [1.807, 2.05) is 0 Å². The maximum Gasteiger partial charge on any atom is 0.339 e. The van der Waals surface area contributed by atoms with Crippen LogP contribution in [0.25, 0.3) is 0 Å². The quantitative estimate of drug-likeness (QED) is 0.651. The van der Waals surface area contributed by atoms with Gasteiger partial charge in [-0.3, -0.25) is 10.1 Å². The summed E-state index contributed by atoms with van der Waals surface area (Å²) in [5.74, 6) is -1.16. The first-order chi connectivity index (χ1) is 10.0. The van der Waals surface area contributed by atoms with E-state index in [1.165, 1.54) is 12.1 Å². The third-order valence-corrected chi connectivity index (χ3v) is 3.20. The lowest BCUT2D eigenvalue weighted by Crippen LogP contribution is -2.08. The number of hydrogen-bond donors (Lipinski definition) is 2. The van der Waals surface area contributed by atoms with E-state index >= 15 is 0 Å². The summed E-state index contributed by atoms with van der Waals surface area (Å²) in [6.45, 7) is 0.123. The molecule has 21 heavy (non-hydrogen) atoms. The van der Waals surface area contributed by atoms with Crippen LogP contribution in [0.5, 0.6) is 0 Å². The van der Waals surface area contributed by atoms with E-state index in [1.54, 1.807) is 30.3 Å². The van der Waals surface area contributed by atoms with Crippen molar-refractivity contribution in [2.24, 2.45) is 0 Å². The van der Waals surface area contributed by atoms with Gasteiger partial charge in [0.2, 0.25) is 0 Å². The van der Waals surface area contributed by atoms with Crippen LogP contribution in [-0.4, -0.2) is 16.0 Å². The minimum Gasteiger partial charge on any atom is -0.478 e. The van der Waals surface area contributed by atoms with Gasteiger partial charge in [0.15, 0.2) is 0 Å². The van der Waals surface area contributed by atoms with Gasteiger partial charge in [0.1, 0.15) is 5.56 Å². The summed E-state index contributed by atoms with van der Waals surface area (Å²) >= 11 is 5.86. The first-order valence-corrected chi connectivity index (χ1v) is 6.36. The molecule has 2 rings (SSSR count). The first-order valence-electron chi connectivity index (χ1n) is 5.98. The molecule has 0 bridgehead atoms. The van der Waals surface area contributed by atoms with Gasteiger partial charge in [-0.05, 0) is 12.1 Å². The summed E-state index contributed by atoms with van der Waals surface area (Å²) < 4.78 is 0. The number of anilines is 1. The molecule has 0 heterocycles. The highest BCUT2D eigenvalue weighted by molar-refractivity contribution is 6.34. The van der Waals surface area contributed by atoms with Gasteiger partial charge in [0, 0.05) is 18.2 Å². The van der Waals surface area contributed by atoms with Crippen LogP contribution in [0.4, 0.5) is 11.4 Å². The van der Waals surface area contributed by atoms with E-state index in [4.69, 9.17) is 16.7 Å². The van der Waals surface area contributed by atoms with Gasteiger partial charge in [-0.2, -0.15) is 0 Å². The Balaban J connectivity index is 2.28. The Hall–Kier alpha value is -2.60. The van der Waals surface area contributed by atoms with E-state index in [0.29, 0.717) is 11.3 Å². The number of carbonyl (C=O) groups is 1. The Morgan fingerprint density at radius 1 is 1.24 bits per heavy atom. The van der Waals surface area contributed by atoms with Crippen molar-refractivity contribution in [3.05, 3.63) is 68.7 Å². The number of halogens is 1. The Morgan fingerprint density at radius 3 is 2.62 bits per heavy atom. The molecule has 2 aromatic rings. The molecule has 0 aliphatic heterocycles. The molecule has 0 spiro atoms. The van der Waals surface area contributed by atoms with Crippen molar-refractivity contribution < 1.29 is 14.8 Å². The van der Waals surface area contributed by atoms with Gasteiger partial charge in [-0.15, -0.1) is 0 Å². The van der Waals surface area contributed by atoms with E-state index in [2.05, 4.69) is 5.32 Å². The minimum atomic E-state index is -1.16. The maximum atomic E-state index is 11.2. The van der Waals surface area contributed by atoms with Crippen LogP contribution in [0.1, 0.15) is 15.9 Å². The van der Waals surface area contributed by atoms with Crippen LogP contribution in [0.3, 0.4) is 0 Å². The molecular weight excluding hydrogens is 296 g/mol. The average molecular weight is 307 g/mol. The molecule has 0 aliphatic rings. The highest BCUT2D eigenvalue weighted by Gasteiger charge is 2.16. The van der Waals surface area contributed by atoms with E-state index in [0.717, 1.165) is 0 Å². The molecule has 0 aliphatic carbocycles. The van der Waals surface area contributed by atoms with Gasteiger partial charge >= 0.3 is 5.97 Å². The van der Waals surface area contributed by atoms with Gasteiger partial charge in [-0.25, -0.2) is 4.79 Å². The predicted octanol–water partition coefficient (Wildman–Crippen LogP) is 3.56. The average Bonchev–Trinajstić information content (AvgIpc) is 2.44. The summed E-state index contributed by atoms with van der Waals surface area (Å²) in [6.07, 6.45) is 0. The Bertz CT molecular complexity index is 703. The Morgan fingerprint density at radius 2 is 1.95 bits per heavy atom. The molecule has 2 aromatic carbocycles. The molecule has 6 nitrogen and oxygen atoms in total. The normalized spacial score (nSPS) is 10.1. The third kappa shape index (κ3) is 3.29. The number of aromatic carboxylic acids is 1. The van der Waals surface area contributed by atoms with Gasteiger partial charge in [0.05, 0.1) is 15.6 Å². The molecule has 0 radical (unpaired) electrons. The zero-order valence-corrected chi connectivity index (χ0v) is 11.5. The number of nitro benzene ring substituents is 1. The lowest BCUT2D eigenvalue weighted by Gasteiger charge is -2.11. The van der Waals surface area contributed by atoms with Gasteiger partial charge in [0.25, 0.3) is 5.69 Å². The highest BCUT2D eigenvalue weighted by Crippen LogP contribution is 2.26. The van der Waals surface area contributed by atoms with Crippen molar-refractivity contribution in [2.45, 2.75) is 6.54 Å². The van der Waals surface area contributed by atoms with Crippen LogP contribution in [-0.2, 0) is 6.54 Å². The summed E-state index contributed by atoms with van der Waals surface area (Å²) in [5, 5.41) is 23.1. The van der Waals surface area contributed by atoms with Crippen molar-refractivity contribution in [3.8, 4) is 0 Å². The molecule has 0 aromatic heterocycles. The second kappa shape index (κ2) is 6.23. The minimum absolute atomic E-state index is 0.0242. The molecule has 108 valence electrons. The molecule has 0 amide bonds. The fourth-order valence-corrected chi connectivity index (χ4v) is 2.17. The Labute approximate surface area is 125 Å². The second-order valence-electron chi connectivity index (χ2n) is 4.21. The van der Waals surface area contributed by atoms with Crippen LogP contribution in [0.2, 0.25) is 5.02 Å². The third-order valence-electron chi connectivity index (χ3n) is 2.89. The van der Waals surface area contributed by atoms with E-state index in [-0.39, 0.29) is 22.8 Å². The molecule has 0 unspecified atom stereocenters. The van der Waals surface area contributed by atoms with Crippen molar-refractivity contribution in [1.29, 1.82) is 0 Å². The lowest BCUT2D eigenvalue weighted by atomic mass is 10.1. The molecule has 0 saturated carbocycles. The number of rotatable bonds is 5. The lowest BCUT2D eigenvalue weighted by molar-refractivity contribution is -0.385. The zero-order valence-electron chi connectivity index (χ0n) is 10.7. The number of nitro groups is 1. The van der Waals surface area contributed by atoms with Gasteiger partial charge in [-0.1, -0.05) is 35.9 Å². The molecule has 0 atom stereocenters. The number of para-hydroxylation sites is 1. The number of nitrogens with one attached hydrogen (secondary N) is 1. The van der Waals surface area contributed by atoms with Crippen LogP contribution in [0.15, 0.2) is 42.5 Å². The fourth-order valence-electron chi connectivity index (χ4n) is 1.92. The number of carboxylic acid groups (broad SMARTS) is 1. The maximum absolute atomic E-state index is 11.2. The van der Waals surface area contributed by atoms with Crippen LogP contribution < -0.4 is 5.32 Å². The molecule has 7 heteroatoms. The summed E-state index contributed by atoms with van der Waals surface area (Å²) in [7, 11) is 0. The molecule has 2 N–H and O–H groups in total. The van der Waals surface area contributed by atoms with Crippen molar-refractivity contribution in [3.63, 3.8) is 0 Å². The van der Waals surface area contributed by atoms with Crippen LogP contribution >= 0.6 is 11.6 Å².